The Morgan fingerprint density at radius 1 is 1.31 bits per heavy atom. The lowest BCUT2D eigenvalue weighted by molar-refractivity contribution is -0.385. The molecule has 0 aromatic heterocycles. The minimum Gasteiger partial charge on any atom is -0.493 e. The molecule has 0 saturated heterocycles. The summed E-state index contributed by atoms with van der Waals surface area (Å²) in [4.78, 5) is 10.8. The second kappa shape index (κ2) is 9.33. The molecule has 0 bridgehead atoms. The Morgan fingerprint density at radius 3 is 2.58 bits per heavy atom. The number of ether oxygens (including phenoxy) is 2. The van der Waals surface area contributed by atoms with E-state index in [9.17, 15) is 10.1 Å². The minimum absolute atomic E-state index is 0.131. The highest BCUT2D eigenvalue weighted by molar-refractivity contribution is 7.80. The van der Waals surface area contributed by atoms with Crippen LogP contribution in [-0.2, 0) is 0 Å². The molecule has 2 N–H and O–H groups in total. The maximum Gasteiger partial charge on any atom is 0.282 e. The smallest absolute Gasteiger partial charge is 0.282 e. The van der Waals surface area contributed by atoms with Gasteiger partial charge in [-0.05, 0) is 37.0 Å². The summed E-state index contributed by atoms with van der Waals surface area (Å²) < 4.78 is 10.3. The van der Waals surface area contributed by atoms with Gasteiger partial charge >= 0.3 is 0 Å². The molecule has 1 saturated carbocycles. The zero-order chi connectivity index (χ0) is 19.1. The molecule has 0 aliphatic heterocycles. The molecule has 2 atom stereocenters. The van der Waals surface area contributed by atoms with Crippen molar-refractivity contribution in [3.8, 4) is 11.5 Å². The maximum atomic E-state index is 11.3. The van der Waals surface area contributed by atoms with Crippen LogP contribution >= 0.6 is 12.2 Å². The number of hydrogen-bond acceptors (Lipinski definition) is 6. The Labute approximate surface area is 158 Å². The van der Waals surface area contributed by atoms with Crippen LogP contribution in [0.25, 0.3) is 0 Å². The molecule has 8 nitrogen and oxygen atoms in total. The molecule has 0 radical (unpaired) electrons. The summed E-state index contributed by atoms with van der Waals surface area (Å²) in [6.45, 7) is 2.20. The quantitative estimate of drug-likeness (QED) is 0.339. The van der Waals surface area contributed by atoms with E-state index in [1.807, 2.05) is 0 Å². The third kappa shape index (κ3) is 5.04. The predicted octanol–water partition coefficient (Wildman–Crippen LogP) is 2.99. The SMILES string of the molecule is COc1cc(/C=N\NC(=S)N[C@H]2CCCC[C@@H]2C)c([N+](=O)[O-])cc1OC. The summed E-state index contributed by atoms with van der Waals surface area (Å²) in [5.74, 6) is 1.23. The van der Waals surface area contributed by atoms with Crippen LogP contribution in [-0.4, -0.2) is 36.5 Å². The lowest BCUT2D eigenvalue weighted by Crippen LogP contribution is -2.44. The van der Waals surface area contributed by atoms with Crippen molar-refractivity contribution in [3.63, 3.8) is 0 Å². The zero-order valence-corrected chi connectivity index (χ0v) is 16.0. The highest BCUT2D eigenvalue weighted by Gasteiger charge is 2.22. The second-order valence-corrected chi connectivity index (χ2v) is 6.64. The monoisotopic (exact) mass is 380 g/mol. The molecular weight excluding hydrogens is 356 g/mol. The molecular formula is C17H24N4O4S. The van der Waals surface area contributed by atoms with Crippen molar-refractivity contribution < 1.29 is 14.4 Å². The first-order chi connectivity index (χ1) is 12.5. The number of nitrogens with zero attached hydrogens (tertiary/aromatic N) is 2. The molecule has 2 rings (SSSR count). The van der Waals surface area contributed by atoms with E-state index in [2.05, 4.69) is 22.8 Å². The third-order valence-electron chi connectivity index (χ3n) is 4.53. The van der Waals surface area contributed by atoms with Crippen LogP contribution in [0, 0.1) is 16.0 Å². The van der Waals surface area contributed by atoms with Crippen LogP contribution in [0.5, 0.6) is 11.5 Å². The molecule has 1 aromatic rings. The molecule has 142 valence electrons. The van der Waals surface area contributed by atoms with Gasteiger partial charge in [0.05, 0.1) is 37.0 Å². The van der Waals surface area contributed by atoms with Crippen molar-refractivity contribution in [1.29, 1.82) is 0 Å². The van der Waals surface area contributed by atoms with E-state index in [-0.39, 0.29) is 17.0 Å². The van der Waals surface area contributed by atoms with Gasteiger partial charge < -0.3 is 14.8 Å². The number of benzene rings is 1. The Kier molecular flexibility index (Phi) is 7.14. The van der Waals surface area contributed by atoms with Gasteiger partial charge in [0.15, 0.2) is 16.6 Å². The van der Waals surface area contributed by atoms with Crippen molar-refractivity contribution in [2.45, 2.75) is 38.6 Å². The highest BCUT2D eigenvalue weighted by atomic mass is 32.1. The van der Waals surface area contributed by atoms with Crippen LogP contribution in [0.2, 0.25) is 0 Å². The fourth-order valence-electron chi connectivity index (χ4n) is 3.04. The van der Waals surface area contributed by atoms with Crippen molar-refractivity contribution in [1.82, 2.24) is 10.7 Å². The van der Waals surface area contributed by atoms with Gasteiger partial charge in [-0.1, -0.05) is 19.8 Å². The van der Waals surface area contributed by atoms with Gasteiger partial charge in [-0.2, -0.15) is 5.10 Å². The highest BCUT2D eigenvalue weighted by Crippen LogP contribution is 2.33. The first-order valence-corrected chi connectivity index (χ1v) is 8.87. The number of hydrazone groups is 1. The Morgan fingerprint density at radius 2 is 1.96 bits per heavy atom. The van der Waals surface area contributed by atoms with E-state index < -0.39 is 4.92 Å². The molecule has 1 fully saturated rings. The molecule has 0 amide bonds. The number of nitro benzene ring substituents is 1. The number of methoxy groups -OCH3 is 2. The van der Waals surface area contributed by atoms with Gasteiger partial charge in [0.1, 0.15) is 0 Å². The van der Waals surface area contributed by atoms with Crippen LogP contribution in [0.3, 0.4) is 0 Å². The molecule has 0 spiro atoms. The van der Waals surface area contributed by atoms with Crippen LogP contribution in [0.1, 0.15) is 38.2 Å². The van der Waals surface area contributed by atoms with E-state index in [0.29, 0.717) is 22.8 Å². The predicted molar refractivity (Wildman–Crippen MR) is 104 cm³/mol. The topological polar surface area (TPSA) is 98.0 Å². The number of hydrogen-bond donors (Lipinski definition) is 2. The van der Waals surface area contributed by atoms with Crippen LogP contribution < -0.4 is 20.2 Å². The molecule has 0 unspecified atom stereocenters. The fourth-order valence-corrected chi connectivity index (χ4v) is 3.24. The van der Waals surface area contributed by atoms with Gasteiger partial charge in [-0.15, -0.1) is 0 Å². The van der Waals surface area contributed by atoms with E-state index >= 15 is 0 Å². The Hall–Kier alpha value is -2.42. The lowest BCUT2D eigenvalue weighted by atomic mass is 9.86. The first kappa shape index (κ1) is 19.9. The molecule has 26 heavy (non-hydrogen) atoms. The zero-order valence-electron chi connectivity index (χ0n) is 15.2. The standard InChI is InChI=1S/C17H24N4O4S/c1-11-6-4-5-7-13(11)19-17(26)20-18-10-12-8-15(24-2)16(25-3)9-14(12)21(22)23/h8-11,13H,4-7H2,1-3H3,(H2,19,20,26)/b18-10-/t11-,13-/m0/s1. The summed E-state index contributed by atoms with van der Waals surface area (Å²) in [6.07, 6.45) is 6.04. The fraction of sp³-hybridized carbons (Fsp3) is 0.529. The average Bonchev–Trinajstić information content (AvgIpc) is 2.62. The second-order valence-electron chi connectivity index (χ2n) is 6.23. The number of thiocarbonyl (C=S) groups is 1. The van der Waals surface area contributed by atoms with Gasteiger partial charge in [-0.25, -0.2) is 0 Å². The van der Waals surface area contributed by atoms with E-state index in [0.717, 1.165) is 6.42 Å². The Bertz CT molecular complexity index is 696. The molecule has 9 heteroatoms. The maximum absolute atomic E-state index is 11.3. The summed E-state index contributed by atoms with van der Waals surface area (Å²) in [5, 5.41) is 19.0. The summed E-state index contributed by atoms with van der Waals surface area (Å²) >= 11 is 5.26. The van der Waals surface area contributed by atoms with E-state index in [1.165, 1.54) is 51.8 Å². The minimum atomic E-state index is -0.496. The largest absolute Gasteiger partial charge is 0.493 e. The molecule has 0 heterocycles. The van der Waals surface area contributed by atoms with Crippen molar-refractivity contribution in [2.24, 2.45) is 11.0 Å². The van der Waals surface area contributed by atoms with Crippen molar-refractivity contribution in [3.05, 3.63) is 27.8 Å². The number of nitrogens with one attached hydrogen (secondary N) is 2. The summed E-state index contributed by atoms with van der Waals surface area (Å²) in [6, 6.07) is 3.14. The van der Waals surface area contributed by atoms with Crippen molar-refractivity contribution >= 4 is 29.2 Å². The van der Waals surface area contributed by atoms with Crippen LogP contribution in [0.15, 0.2) is 17.2 Å². The molecule has 1 aliphatic carbocycles. The average molecular weight is 380 g/mol. The van der Waals surface area contributed by atoms with Gasteiger partial charge in [-0.3, -0.25) is 15.5 Å². The molecule has 1 aliphatic rings. The third-order valence-corrected chi connectivity index (χ3v) is 4.74. The summed E-state index contributed by atoms with van der Waals surface area (Å²) in [5.41, 5.74) is 2.88. The first-order valence-electron chi connectivity index (χ1n) is 8.46. The number of nitro groups is 1. The van der Waals surface area contributed by atoms with E-state index in [1.54, 1.807) is 0 Å². The normalized spacial score (nSPS) is 19.8. The van der Waals surface area contributed by atoms with Gasteiger partial charge in [0, 0.05) is 6.04 Å². The number of rotatable bonds is 6. The van der Waals surface area contributed by atoms with Gasteiger partial charge in [0.25, 0.3) is 5.69 Å². The summed E-state index contributed by atoms with van der Waals surface area (Å²) in [7, 11) is 2.89. The van der Waals surface area contributed by atoms with Crippen LogP contribution in [0.4, 0.5) is 5.69 Å². The van der Waals surface area contributed by atoms with Crippen molar-refractivity contribution in [2.75, 3.05) is 14.2 Å². The Balaban J connectivity index is 2.06. The molecule has 1 aromatic carbocycles. The lowest BCUT2D eigenvalue weighted by Gasteiger charge is -2.30. The van der Waals surface area contributed by atoms with E-state index in [4.69, 9.17) is 21.7 Å². The van der Waals surface area contributed by atoms with Gasteiger partial charge in [0.2, 0.25) is 0 Å².